The largest absolute Gasteiger partial charge is 0.341 e. The monoisotopic (exact) mass is 650 g/mol. The molecule has 0 unspecified atom stereocenters. The van der Waals surface area contributed by atoms with Gasteiger partial charge in [0.05, 0.1) is 68.2 Å². The minimum absolute atomic E-state index is 0.114. The zero-order valence-corrected chi connectivity index (χ0v) is 29.2. The highest BCUT2D eigenvalue weighted by atomic mass is 15.3. The molecular formula is C44H38N6. The van der Waals surface area contributed by atoms with Crippen LogP contribution in [0.25, 0.3) is 0 Å². The second-order valence-corrected chi connectivity index (χ2v) is 14.6. The van der Waals surface area contributed by atoms with Crippen LogP contribution in [0, 0.1) is 0 Å². The van der Waals surface area contributed by atoms with Crippen LogP contribution in [0.1, 0.15) is 45.2 Å². The molecule has 3 aliphatic heterocycles. The first-order chi connectivity index (χ1) is 24.3. The smallest absolute Gasteiger partial charge is 0.0653 e. The van der Waals surface area contributed by atoms with Gasteiger partial charge in [-0.25, -0.2) is 0 Å². The fourth-order valence-corrected chi connectivity index (χ4v) is 9.82. The number of fused-ring (bicyclic) bond motifs is 6. The van der Waals surface area contributed by atoms with Crippen LogP contribution in [0.15, 0.2) is 109 Å². The van der Waals surface area contributed by atoms with Crippen molar-refractivity contribution in [3.63, 3.8) is 0 Å². The maximum absolute atomic E-state index is 2.51. The third-order valence-electron chi connectivity index (χ3n) is 12.4. The molecular weight excluding hydrogens is 613 g/mol. The van der Waals surface area contributed by atoms with Gasteiger partial charge in [-0.15, -0.1) is 0 Å². The topological polar surface area (TPSA) is 19.4 Å². The highest BCUT2D eigenvalue weighted by Gasteiger charge is 2.45. The Morgan fingerprint density at radius 2 is 0.420 bits per heavy atom. The van der Waals surface area contributed by atoms with Gasteiger partial charge < -0.3 is 29.4 Å². The number of para-hydroxylation sites is 6. The van der Waals surface area contributed by atoms with E-state index < -0.39 is 0 Å². The van der Waals surface area contributed by atoms with Gasteiger partial charge in [0.15, 0.2) is 0 Å². The molecule has 0 radical (unpaired) electrons. The summed E-state index contributed by atoms with van der Waals surface area (Å²) in [6.07, 6.45) is 0. The Labute approximate surface area is 293 Å². The summed E-state index contributed by atoms with van der Waals surface area (Å²) in [7, 11) is 13.3. The van der Waals surface area contributed by atoms with Crippen LogP contribution < -0.4 is 29.4 Å². The Hall–Kier alpha value is -5.88. The summed E-state index contributed by atoms with van der Waals surface area (Å²) in [6, 6.07) is 41.3. The molecule has 0 N–H and O–H groups in total. The number of hydrogen-bond acceptors (Lipinski definition) is 6. The van der Waals surface area contributed by atoms with Crippen molar-refractivity contribution >= 4 is 68.2 Å². The van der Waals surface area contributed by atoms with E-state index in [1.54, 1.807) is 0 Å². The van der Waals surface area contributed by atoms with E-state index in [9.17, 15) is 0 Å². The van der Waals surface area contributed by atoms with Gasteiger partial charge in [0, 0.05) is 54.1 Å². The molecule has 0 saturated carbocycles. The zero-order chi connectivity index (χ0) is 33.7. The molecule has 12 rings (SSSR count). The molecule has 6 heteroatoms. The summed E-state index contributed by atoms with van der Waals surface area (Å²) in [5.41, 5.74) is 23.5. The molecule has 50 heavy (non-hydrogen) atoms. The minimum Gasteiger partial charge on any atom is -0.341 e. The summed E-state index contributed by atoms with van der Waals surface area (Å²) >= 11 is 0. The van der Waals surface area contributed by atoms with Crippen molar-refractivity contribution in [1.82, 2.24) is 0 Å². The van der Waals surface area contributed by atoms with Crippen molar-refractivity contribution in [3.05, 3.63) is 143 Å². The highest BCUT2D eigenvalue weighted by Crippen LogP contribution is 2.63. The lowest BCUT2D eigenvalue weighted by molar-refractivity contribution is 0.751. The van der Waals surface area contributed by atoms with E-state index in [2.05, 4.69) is 181 Å². The zero-order valence-electron chi connectivity index (χ0n) is 29.2. The summed E-state index contributed by atoms with van der Waals surface area (Å²) in [5.74, 6) is 0.229. The lowest BCUT2D eigenvalue weighted by Crippen LogP contribution is -2.33. The molecule has 3 heterocycles. The lowest BCUT2D eigenvalue weighted by Gasteiger charge is -2.47. The van der Waals surface area contributed by atoms with Gasteiger partial charge in [-0.3, -0.25) is 0 Å². The van der Waals surface area contributed by atoms with E-state index in [-0.39, 0.29) is 11.8 Å². The fraction of sp³-hybridized carbons (Fsp3) is 0.182. The Bertz CT molecular complexity index is 2040. The van der Waals surface area contributed by atoms with Crippen LogP contribution in [0.4, 0.5) is 68.2 Å². The number of nitrogens with zero attached hydrogens (tertiary/aromatic N) is 6. The van der Waals surface area contributed by atoms with E-state index in [4.69, 9.17) is 0 Å². The van der Waals surface area contributed by atoms with Crippen molar-refractivity contribution in [2.75, 3.05) is 71.7 Å². The van der Waals surface area contributed by atoms with E-state index in [0.717, 1.165) is 0 Å². The van der Waals surface area contributed by atoms with Gasteiger partial charge in [-0.05, 0) is 106 Å². The van der Waals surface area contributed by atoms with E-state index >= 15 is 0 Å². The van der Waals surface area contributed by atoms with Crippen LogP contribution in [-0.4, -0.2) is 42.3 Å². The minimum atomic E-state index is 0.114. The lowest BCUT2D eigenvalue weighted by atomic mass is 9.60. The normalized spacial score (nSPS) is 18.4. The number of benzene rings is 6. The van der Waals surface area contributed by atoms with E-state index in [1.807, 2.05) is 0 Å². The molecule has 6 nitrogen and oxygen atoms in total. The quantitative estimate of drug-likeness (QED) is 0.162. The Morgan fingerprint density at radius 3 is 0.580 bits per heavy atom. The van der Waals surface area contributed by atoms with Crippen molar-refractivity contribution < 1.29 is 0 Å². The van der Waals surface area contributed by atoms with Crippen LogP contribution >= 0.6 is 0 Å². The molecule has 2 bridgehead atoms. The molecule has 0 amide bonds. The number of hydrogen-bond donors (Lipinski definition) is 0. The van der Waals surface area contributed by atoms with Crippen LogP contribution in [-0.2, 0) is 0 Å². The molecule has 6 aliphatic rings. The summed E-state index contributed by atoms with van der Waals surface area (Å²) in [6.45, 7) is 0. The van der Waals surface area contributed by atoms with Crippen LogP contribution in [0.2, 0.25) is 0 Å². The second-order valence-electron chi connectivity index (χ2n) is 14.6. The molecule has 0 aromatic heterocycles. The number of anilines is 12. The Balaban J connectivity index is 1.18. The molecule has 6 aromatic carbocycles. The van der Waals surface area contributed by atoms with E-state index in [1.165, 1.54) is 102 Å². The summed E-state index contributed by atoms with van der Waals surface area (Å²) < 4.78 is 0. The van der Waals surface area contributed by atoms with Crippen molar-refractivity contribution in [2.24, 2.45) is 0 Å². The van der Waals surface area contributed by atoms with Crippen molar-refractivity contribution in [1.29, 1.82) is 0 Å². The van der Waals surface area contributed by atoms with Gasteiger partial charge >= 0.3 is 0 Å². The van der Waals surface area contributed by atoms with Crippen molar-refractivity contribution in [3.8, 4) is 0 Å². The highest BCUT2D eigenvalue weighted by molar-refractivity contribution is 5.98. The van der Waals surface area contributed by atoms with Gasteiger partial charge in [0.25, 0.3) is 0 Å². The molecule has 0 atom stereocenters. The number of rotatable bonds is 0. The SMILES string of the molecule is CN1c2ccccc2N(C)c2cc3c(cc21)C1c2cc4c(cc2C3c2cc3c(cc21)N(C)c1ccccc1N3C)N(C)c1ccccc1N4C. The van der Waals surface area contributed by atoms with Crippen LogP contribution in [0.3, 0.4) is 0 Å². The van der Waals surface area contributed by atoms with Gasteiger partial charge in [-0.1, -0.05) is 36.4 Å². The van der Waals surface area contributed by atoms with Gasteiger partial charge in [-0.2, -0.15) is 0 Å². The molecule has 0 spiro atoms. The Morgan fingerprint density at radius 1 is 0.260 bits per heavy atom. The third-order valence-corrected chi connectivity index (χ3v) is 12.4. The molecule has 3 aliphatic carbocycles. The first kappa shape index (κ1) is 28.0. The third kappa shape index (κ3) is 3.29. The van der Waals surface area contributed by atoms with Gasteiger partial charge in [0.2, 0.25) is 0 Å². The summed E-state index contributed by atoms with van der Waals surface area (Å²) in [4.78, 5) is 14.3. The predicted octanol–water partition coefficient (Wildman–Crippen LogP) is 10.2. The predicted molar refractivity (Wildman–Crippen MR) is 209 cm³/mol. The molecule has 0 fully saturated rings. The average Bonchev–Trinajstić information content (AvgIpc) is 3.16. The molecule has 0 saturated heterocycles. The Kier molecular flexibility index (Phi) is 5.28. The average molecular weight is 651 g/mol. The summed E-state index contributed by atoms with van der Waals surface area (Å²) in [5, 5.41) is 0. The molecule has 244 valence electrons. The second kappa shape index (κ2) is 9.42. The first-order valence-corrected chi connectivity index (χ1v) is 17.5. The maximum atomic E-state index is 2.51. The molecule has 6 aromatic rings. The van der Waals surface area contributed by atoms with Gasteiger partial charge in [0.1, 0.15) is 0 Å². The van der Waals surface area contributed by atoms with E-state index in [0.29, 0.717) is 0 Å². The fourth-order valence-electron chi connectivity index (χ4n) is 9.82. The van der Waals surface area contributed by atoms with Crippen LogP contribution in [0.5, 0.6) is 0 Å². The van der Waals surface area contributed by atoms with Crippen molar-refractivity contribution in [2.45, 2.75) is 11.8 Å². The standard InChI is InChI=1S/C44H38N6/c1-45-31-13-7-8-14-32(31)46(2)38-20-26-25(19-37(38)45)43-27-21-39-41(49(5)35-17-11-9-15-33(35)47(39)3)23-29(27)44(26)30-24-42-40(22-28(30)43)48(4)34-16-10-12-18-36(34)50(42)6/h7-24,43-44H,1-6H3. The maximum Gasteiger partial charge on any atom is 0.0653 e. The first-order valence-electron chi connectivity index (χ1n) is 17.5.